The van der Waals surface area contributed by atoms with Crippen LogP contribution in [0.5, 0.6) is 0 Å². The van der Waals surface area contributed by atoms with E-state index in [-0.39, 0.29) is 5.69 Å². The van der Waals surface area contributed by atoms with E-state index in [1.807, 2.05) is 18.2 Å². The fourth-order valence-electron chi connectivity index (χ4n) is 6.48. The van der Waals surface area contributed by atoms with E-state index in [0.29, 0.717) is 12.1 Å². The van der Waals surface area contributed by atoms with Crippen LogP contribution >= 0.6 is 0 Å². The van der Waals surface area contributed by atoms with E-state index in [2.05, 4.69) is 30.1 Å². The molecule has 1 unspecified atom stereocenters. The van der Waals surface area contributed by atoms with Crippen molar-refractivity contribution in [2.75, 3.05) is 57.0 Å². The first-order valence-electron chi connectivity index (χ1n) is 14.1. The molecule has 3 fully saturated rings. The average molecular weight is 520 g/mol. The minimum atomic E-state index is -0.645. The van der Waals surface area contributed by atoms with E-state index in [0.717, 1.165) is 72.9 Å². The summed E-state index contributed by atoms with van der Waals surface area (Å²) in [6.07, 6.45) is 10.5. The van der Waals surface area contributed by atoms with Crippen molar-refractivity contribution in [3.05, 3.63) is 42.7 Å². The minimum absolute atomic E-state index is 0.0446. The fourth-order valence-corrected chi connectivity index (χ4v) is 6.48. The van der Waals surface area contributed by atoms with Gasteiger partial charge in [0.05, 0.1) is 24.4 Å². The number of nitrogens with two attached hydrogens (primary N) is 1. The number of morpholine rings is 1. The number of benzene rings is 1. The normalized spacial score (nSPS) is 25.4. The summed E-state index contributed by atoms with van der Waals surface area (Å²) >= 11 is 0. The number of anilines is 2. The van der Waals surface area contributed by atoms with Crippen LogP contribution < -0.4 is 11.1 Å². The highest BCUT2D eigenvalue weighted by molar-refractivity contribution is 5.92. The monoisotopic (exact) mass is 519 g/mol. The van der Waals surface area contributed by atoms with Crippen LogP contribution in [0.4, 0.5) is 15.9 Å². The highest BCUT2D eigenvalue weighted by Gasteiger charge is 2.30. The van der Waals surface area contributed by atoms with Gasteiger partial charge in [-0.05, 0) is 74.8 Å². The van der Waals surface area contributed by atoms with Gasteiger partial charge in [0, 0.05) is 55.4 Å². The Hall–Kier alpha value is -2.88. The standard InChI is InChI=1S/C29H38FN7O/c30-28-26(31)15-22(16-32-28)21-3-8-27-25(14-21)29(34-19-33-27)35-23-4-6-24(7-5-23)37-9-1-2-20(18-37)17-36-10-12-38-13-11-36/h3,8,14-16,19-20,23-24H,1-2,4-7,9-13,17-18,31H2,(H,33,34,35). The molecule has 0 amide bonds. The number of nitrogen functional groups attached to an aromatic ring is 1. The molecule has 2 saturated heterocycles. The number of pyridine rings is 1. The molecule has 38 heavy (non-hydrogen) atoms. The van der Waals surface area contributed by atoms with Crippen molar-refractivity contribution in [1.29, 1.82) is 0 Å². The maximum Gasteiger partial charge on any atom is 0.236 e. The predicted molar refractivity (Wildman–Crippen MR) is 148 cm³/mol. The van der Waals surface area contributed by atoms with Crippen molar-refractivity contribution in [2.45, 2.75) is 50.6 Å². The number of halogens is 1. The molecule has 8 nitrogen and oxygen atoms in total. The molecular formula is C29H38FN7O. The number of likely N-dealkylation sites (tertiary alicyclic amines) is 1. The summed E-state index contributed by atoms with van der Waals surface area (Å²) in [5, 5.41) is 4.68. The van der Waals surface area contributed by atoms with Gasteiger partial charge < -0.3 is 20.7 Å². The van der Waals surface area contributed by atoms with Crippen LogP contribution in [0.15, 0.2) is 36.8 Å². The molecule has 2 aliphatic heterocycles. The van der Waals surface area contributed by atoms with Gasteiger partial charge in [0.2, 0.25) is 5.95 Å². The number of piperidine rings is 1. The second kappa shape index (κ2) is 11.5. The van der Waals surface area contributed by atoms with Crippen LogP contribution in [0.3, 0.4) is 0 Å². The van der Waals surface area contributed by atoms with Gasteiger partial charge in [0.25, 0.3) is 0 Å². The number of nitrogens with zero attached hydrogens (tertiary/aromatic N) is 5. The molecule has 1 aliphatic carbocycles. The summed E-state index contributed by atoms with van der Waals surface area (Å²) in [6.45, 7) is 7.64. The summed E-state index contributed by atoms with van der Waals surface area (Å²) in [7, 11) is 0. The average Bonchev–Trinajstić information content (AvgIpc) is 2.96. The van der Waals surface area contributed by atoms with Gasteiger partial charge in [0.1, 0.15) is 12.1 Å². The Morgan fingerprint density at radius 2 is 1.82 bits per heavy atom. The van der Waals surface area contributed by atoms with Gasteiger partial charge in [-0.2, -0.15) is 4.39 Å². The van der Waals surface area contributed by atoms with Crippen LogP contribution in [0, 0.1) is 11.9 Å². The second-order valence-corrected chi connectivity index (χ2v) is 11.1. The van der Waals surface area contributed by atoms with Crippen molar-refractivity contribution in [3.63, 3.8) is 0 Å². The van der Waals surface area contributed by atoms with Crippen molar-refractivity contribution >= 4 is 22.4 Å². The molecule has 1 atom stereocenters. The largest absolute Gasteiger partial charge is 0.395 e. The SMILES string of the molecule is Nc1cc(-c2ccc3ncnc(NC4CCC(N5CCCC(CN6CCOCC6)C5)CC4)c3c2)cnc1F. The zero-order chi connectivity index (χ0) is 25.9. The Morgan fingerprint density at radius 1 is 0.974 bits per heavy atom. The lowest BCUT2D eigenvalue weighted by Crippen LogP contribution is -2.48. The van der Waals surface area contributed by atoms with Gasteiger partial charge in [-0.15, -0.1) is 0 Å². The topological polar surface area (TPSA) is 92.4 Å². The number of hydrogen-bond donors (Lipinski definition) is 2. The van der Waals surface area contributed by atoms with Crippen LogP contribution in [0.2, 0.25) is 0 Å². The Morgan fingerprint density at radius 3 is 2.63 bits per heavy atom. The molecule has 202 valence electrons. The van der Waals surface area contributed by atoms with Crippen LogP contribution in [-0.2, 0) is 4.74 Å². The minimum Gasteiger partial charge on any atom is -0.395 e. The number of aromatic nitrogens is 3. The third-order valence-electron chi connectivity index (χ3n) is 8.56. The summed E-state index contributed by atoms with van der Waals surface area (Å²) < 4.78 is 19.1. The van der Waals surface area contributed by atoms with Crippen LogP contribution in [0.1, 0.15) is 38.5 Å². The highest BCUT2D eigenvalue weighted by atomic mass is 19.1. The van der Waals surface area contributed by atoms with Gasteiger partial charge in [0.15, 0.2) is 0 Å². The first-order valence-corrected chi connectivity index (χ1v) is 14.1. The Bertz CT molecular complexity index is 1240. The molecule has 1 saturated carbocycles. The lowest BCUT2D eigenvalue weighted by Gasteiger charge is -2.43. The van der Waals surface area contributed by atoms with E-state index in [4.69, 9.17) is 10.5 Å². The third kappa shape index (κ3) is 5.75. The maximum absolute atomic E-state index is 13.6. The van der Waals surface area contributed by atoms with Gasteiger partial charge >= 0.3 is 0 Å². The van der Waals surface area contributed by atoms with Gasteiger partial charge in [-0.1, -0.05) is 6.07 Å². The smallest absolute Gasteiger partial charge is 0.236 e. The summed E-state index contributed by atoms with van der Waals surface area (Å²) in [6, 6.07) is 8.67. The Labute approximate surface area is 223 Å². The molecule has 0 bridgehead atoms. The summed E-state index contributed by atoms with van der Waals surface area (Å²) in [4.78, 5) is 18.2. The molecule has 3 aliphatic rings. The zero-order valence-corrected chi connectivity index (χ0v) is 22.0. The lowest BCUT2D eigenvalue weighted by molar-refractivity contribution is 0.0172. The molecule has 0 radical (unpaired) electrons. The van der Waals surface area contributed by atoms with Gasteiger partial charge in [-0.3, -0.25) is 4.90 Å². The quantitative estimate of drug-likeness (QED) is 0.469. The van der Waals surface area contributed by atoms with Crippen molar-refractivity contribution < 1.29 is 9.13 Å². The number of fused-ring (bicyclic) bond motifs is 1. The van der Waals surface area contributed by atoms with E-state index in [9.17, 15) is 4.39 Å². The van der Waals surface area contributed by atoms with E-state index in [1.54, 1.807) is 12.4 Å². The number of nitrogens with one attached hydrogen (secondary N) is 1. The first kappa shape index (κ1) is 25.4. The first-order chi connectivity index (χ1) is 18.6. The number of hydrogen-bond acceptors (Lipinski definition) is 8. The van der Waals surface area contributed by atoms with E-state index < -0.39 is 5.95 Å². The number of ether oxygens (including phenoxy) is 1. The van der Waals surface area contributed by atoms with Crippen LogP contribution in [-0.4, -0.2) is 82.8 Å². The molecule has 3 N–H and O–H groups in total. The molecular weight excluding hydrogens is 481 g/mol. The van der Waals surface area contributed by atoms with Gasteiger partial charge in [-0.25, -0.2) is 15.0 Å². The van der Waals surface area contributed by atoms with Crippen molar-refractivity contribution in [1.82, 2.24) is 24.8 Å². The third-order valence-corrected chi connectivity index (χ3v) is 8.56. The molecule has 4 heterocycles. The van der Waals surface area contributed by atoms with E-state index >= 15 is 0 Å². The molecule has 0 spiro atoms. The molecule has 9 heteroatoms. The Balaban J connectivity index is 1.08. The van der Waals surface area contributed by atoms with Crippen molar-refractivity contribution in [2.24, 2.45) is 5.92 Å². The molecule has 1 aromatic carbocycles. The predicted octanol–water partition coefficient (Wildman–Crippen LogP) is 4.18. The Kier molecular flexibility index (Phi) is 7.67. The fraction of sp³-hybridized carbons (Fsp3) is 0.552. The van der Waals surface area contributed by atoms with Crippen LogP contribution in [0.25, 0.3) is 22.0 Å². The second-order valence-electron chi connectivity index (χ2n) is 11.1. The van der Waals surface area contributed by atoms with E-state index in [1.165, 1.54) is 51.5 Å². The summed E-state index contributed by atoms with van der Waals surface area (Å²) in [5.74, 6) is 0.992. The van der Waals surface area contributed by atoms with Crippen molar-refractivity contribution in [3.8, 4) is 11.1 Å². The zero-order valence-electron chi connectivity index (χ0n) is 22.0. The highest BCUT2D eigenvalue weighted by Crippen LogP contribution is 2.32. The lowest BCUT2D eigenvalue weighted by atomic mass is 9.87. The summed E-state index contributed by atoms with van der Waals surface area (Å²) in [5.41, 5.74) is 8.36. The molecule has 3 aromatic rings. The molecule has 2 aromatic heterocycles. The maximum atomic E-state index is 13.6. The number of rotatable bonds is 6. The molecule has 6 rings (SSSR count).